The molecule has 6 heteroatoms. The first-order chi connectivity index (χ1) is 9.60. The zero-order valence-electron chi connectivity index (χ0n) is 11.8. The first-order valence-electron chi connectivity index (χ1n) is 6.54. The van der Waals surface area contributed by atoms with Crippen LogP contribution >= 0.6 is 0 Å². The molecule has 0 bridgehead atoms. The molecule has 20 heavy (non-hydrogen) atoms. The Kier molecular flexibility index (Phi) is 4.45. The number of fused-ring (bicyclic) bond motifs is 1. The Morgan fingerprint density at radius 1 is 1.25 bits per heavy atom. The van der Waals surface area contributed by atoms with Gasteiger partial charge in [-0.3, -0.25) is 0 Å². The van der Waals surface area contributed by atoms with Crippen LogP contribution < -0.4 is 5.32 Å². The predicted octanol–water partition coefficient (Wildman–Crippen LogP) is 2.02. The number of hydrogen-bond acceptors (Lipinski definition) is 6. The van der Waals surface area contributed by atoms with Crippen LogP contribution in [-0.2, 0) is 9.53 Å². The molecule has 0 aliphatic carbocycles. The van der Waals surface area contributed by atoms with Crippen LogP contribution in [-0.4, -0.2) is 34.3 Å². The van der Waals surface area contributed by atoms with Crippen molar-refractivity contribution in [1.29, 1.82) is 0 Å². The third-order valence-corrected chi connectivity index (χ3v) is 2.86. The maximum Gasteiger partial charge on any atom is 0.328 e. The lowest BCUT2D eigenvalue weighted by Gasteiger charge is -2.17. The Bertz CT molecular complexity index is 600. The minimum atomic E-state index is -0.469. The number of ether oxygens (including phenoxy) is 1. The standard InChI is InChI=1S/C14H18N4O2/c1-9(2)8-12(13(19)20-3)16-14-15-10-6-4-5-7-11(10)17-18-14/h4-7,9,12H,8H2,1-3H3,(H,15,16,18). The molecule has 6 nitrogen and oxygen atoms in total. The first-order valence-corrected chi connectivity index (χ1v) is 6.54. The summed E-state index contributed by atoms with van der Waals surface area (Å²) in [5.74, 6) is 0.357. The van der Waals surface area contributed by atoms with E-state index in [1.54, 1.807) is 0 Å². The zero-order chi connectivity index (χ0) is 14.5. The molecule has 2 aromatic rings. The third kappa shape index (κ3) is 3.40. The molecule has 106 valence electrons. The van der Waals surface area contributed by atoms with Gasteiger partial charge in [-0.2, -0.15) is 0 Å². The van der Waals surface area contributed by atoms with Crippen molar-refractivity contribution < 1.29 is 9.53 Å². The molecule has 0 saturated heterocycles. The number of carbonyl (C=O) groups is 1. The Morgan fingerprint density at radius 3 is 2.60 bits per heavy atom. The molecule has 0 aliphatic heterocycles. The number of hydrogen-bond donors (Lipinski definition) is 1. The third-order valence-electron chi connectivity index (χ3n) is 2.86. The lowest BCUT2D eigenvalue weighted by atomic mass is 10.0. The van der Waals surface area contributed by atoms with Crippen molar-refractivity contribution >= 4 is 23.0 Å². The zero-order valence-corrected chi connectivity index (χ0v) is 11.8. The van der Waals surface area contributed by atoms with E-state index in [4.69, 9.17) is 4.74 Å². The second kappa shape index (κ2) is 6.27. The molecule has 0 spiro atoms. The number of carbonyl (C=O) groups excluding carboxylic acids is 1. The Morgan fingerprint density at radius 2 is 1.95 bits per heavy atom. The number of methoxy groups -OCH3 is 1. The van der Waals surface area contributed by atoms with Gasteiger partial charge in [0.15, 0.2) is 0 Å². The minimum absolute atomic E-state index is 0.324. The van der Waals surface area contributed by atoms with Gasteiger partial charge in [0.25, 0.3) is 0 Å². The maximum absolute atomic E-state index is 11.8. The highest BCUT2D eigenvalue weighted by Gasteiger charge is 2.21. The van der Waals surface area contributed by atoms with Gasteiger partial charge in [0.2, 0.25) is 5.95 Å². The van der Waals surface area contributed by atoms with E-state index in [9.17, 15) is 4.79 Å². The molecule has 1 heterocycles. The summed E-state index contributed by atoms with van der Waals surface area (Å²) in [6, 6.07) is 6.98. The fraction of sp³-hybridized carbons (Fsp3) is 0.429. The number of esters is 1. The normalized spacial score (nSPS) is 12.4. The molecule has 1 aromatic heterocycles. The molecule has 1 N–H and O–H groups in total. The SMILES string of the molecule is COC(=O)C(CC(C)C)Nc1nnc2ccccc2n1. The van der Waals surface area contributed by atoms with Crippen molar-refractivity contribution in [3.63, 3.8) is 0 Å². The second-order valence-corrected chi connectivity index (χ2v) is 4.97. The summed E-state index contributed by atoms with van der Waals surface area (Å²) in [6.07, 6.45) is 0.642. The van der Waals surface area contributed by atoms with E-state index in [1.165, 1.54) is 7.11 Å². The molecule has 1 unspecified atom stereocenters. The average molecular weight is 274 g/mol. The van der Waals surface area contributed by atoms with Gasteiger partial charge in [0.1, 0.15) is 11.6 Å². The summed E-state index contributed by atoms with van der Waals surface area (Å²) >= 11 is 0. The van der Waals surface area contributed by atoms with Gasteiger partial charge < -0.3 is 10.1 Å². The van der Waals surface area contributed by atoms with Crippen LogP contribution in [0, 0.1) is 5.92 Å². The number of rotatable bonds is 5. The van der Waals surface area contributed by atoms with E-state index in [1.807, 2.05) is 38.1 Å². The number of nitrogens with one attached hydrogen (secondary N) is 1. The van der Waals surface area contributed by atoms with E-state index in [0.29, 0.717) is 18.3 Å². The lowest BCUT2D eigenvalue weighted by molar-refractivity contribution is -0.141. The summed E-state index contributed by atoms with van der Waals surface area (Å²) in [5, 5.41) is 11.1. The predicted molar refractivity (Wildman–Crippen MR) is 76.2 cm³/mol. The molecule has 1 aromatic carbocycles. The molecule has 0 aliphatic rings. The van der Waals surface area contributed by atoms with E-state index < -0.39 is 6.04 Å². The second-order valence-electron chi connectivity index (χ2n) is 4.97. The fourth-order valence-electron chi connectivity index (χ4n) is 1.93. The van der Waals surface area contributed by atoms with Gasteiger partial charge in [-0.05, 0) is 24.5 Å². The van der Waals surface area contributed by atoms with Crippen molar-refractivity contribution in [1.82, 2.24) is 15.2 Å². The maximum atomic E-state index is 11.8. The summed E-state index contributed by atoms with van der Waals surface area (Å²) < 4.78 is 4.80. The number of anilines is 1. The number of nitrogens with zero attached hydrogens (tertiary/aromatic N) is 3. The van der Waals surface area contributed by atoms with Gasteiger partial charge in [0.05, 0.1) is 12.6 Å². The average Bonchev–Trinajstić information content (AvgIpc) is 2.45. The van der Waals surface area contributed by atoms with Crippen LogP contribution in [0.15, 0.2) is 24.3 Å². The molecular weight excluding hydrogens is 256 g/mol. The number of benzene rings is 1. The molecule has 1 atom stereocenters. The van der Waals surface area contributed by atoms with E-state index in [2.05, 4.69) is 20.5 Å². The highest BCUT2D eigenvalue weighted by atomic mass is 16.5. The van der Waals surface area contributed by atoms with E-state index in [-0.39, 0.29) is 5.97 Å². The number of aromatic nitrogens is 3. The summed E-state index contributed by atoms with van der Waals surface area (Å²) in [6.45, 7) is 4.08. The summed E-state index contributed by atoms with van der Waals surface area (Å²) in [4.78, 5) is 16.1. The van der Waals surface area contributed by atoms with Gasteiger partial charge in [-0.1, -0.05) is 26.0 Å². The number of para-hydroxylation sites is 1. The summed E-state index contributed by atoms with van der Waals surface area (Å²) in [5.41, 5.74) is 1.45. The lowest BCUT2D eigenvalue weighted by Crippen LogP contribution is -2.32. The van der Waals surface area contributed by atoms with Crippen LogP contribution in [0.25, 0.3) is 11.0 Å². The highest BCUT2D eigenvalue weighted by molar-refractivity contribution is 5.79. The molecule has 0 saturated carbocycles. The van der Waals surface area contributed by atoms with Crippen molar-refractivity contribution in [2.75, 3.05) is 12.4 Å². The van der Waals surface area contributed by atoms with Gasteiger partial charge >= 0.3 is 5.97 Å². The quantitative estimate of drug-likeness (QED) is 0.841. The summed E-state index contributed by atoms with van der Waals surface area (Å²) in [7, 11) is 1.37. The molecular formula is C14H18N4O2. The molecule has 2 rings (SSSR count). The van der Waals surface area contributed by atoms with Crippen molar-refractivity contribution in [2.45, 2.75) is 26.3 Å². The van der Waals surface area contributed by atoms with Crippen LogP contribution in [0.4, 0.5) is 5.95 Å². The minimum Gasteiger partial charge on any atom is -0.467 e. The van der Waals surface area contributed by atoms with Gasteiger partial charge in [0, 0.05) is 0 Å². The first kappa shape index (κ1) is 14.2. The fourth-order valence-corrected chi connectivity index (χ4v) is 1.93. The monoisotopic (exact) mass is 274 g/mol. The molecule has 0 amide bonds. The smallest absolute Gasteiger partial charge is 0.328 e. The van der Waals surface area contributed by atoms with Crippen LogP contribution in [0.5, 0.6) is 0 Å². The Hall–Kier alpha value is -2.24. The Labute approximate surface area is 117 Å². The topological polar surface area (TPSA) is 77.0 Å². The molecule has 0 radical (unpaired) electrons. The van der Waals surface area contributed by atoms with Crippen molar-refractivity contribution in [3.05, 3.63) is 24.3 Å². The van der Waals surface area contributed by atoms with Crippen molar-refractivity contribution in [3.8, 4) is 0 Å². The van der Waals surface area contributed by atoms with Crippen LogP contribution in [0.3, 0.4) is 0 Å². The van der Waals surface area contributed by atoms with Gasteiger partial charge in [-0.15, -0.1) is 10.2 Å². The van der Waals surface area contributed by atoms with E-state index in [0.717, 1.165) is 11.0 Å². The van der Waals surface area contributed by atoms with Crippen molar-refractivity contribution in [2.24, 2.45) is 5.92 Å². The largest absolute Gasteiger partial charge is 0.467 e. The highest BCUT2D eigenvalue weighted by Crippen LogP contribution is 2.13. The van der Waals surface area contributed by atoms with Gasteiger partial charge in [-0.25, -0.2) is 9.78 Å². The van der Waals surface area contributed by atoms with Crippen LogP contribution in [0.1, 0.15) is 20.3 Å². The van der Waals surface area contributed by atoms with E-state index >= 15 is 0 Å². The Balaban J connectivity index is 2.21. The van der Waals surface area contributed by atoms with Crippen LogP contribution in [0.2, 0.25) is 0 Å². The molecule has 0 fully saturated rings.